The maximum Gasteiger partial charge on any atom is 0.274 e. The van der Waals surface area contributed by atoms with Gasteiger partial charge in [0.15, 0.2) is 0 Å². The summed E-state index contributed by atoms with van der Waals surface area (Å²) in [5.41, 5.74) is 6.87. The second-order valence-electron chi connectivity index (χ2n) is 5.22. The quantitative estimate of drug-likeness (QED) is 0.812. The predicted octanol–water partition coefficient (Wildman–Crippen LogP) is 1.92. The highest BCUT2D eigenvalue weighted by Crippen LogP contribution is 2.05. The van der Waals surface area contributed by atoms with Gasteiger partial charge >= 0.3 is 0 Å². The number of carbonyl (C=O) groups is 1. The maximum atomic E-state index is 12.4. The molecule has 0 aliphatic carbocycles. The molecule has 1 aromatic carbocycles. The molecule has 0 aliphatic rings. The summed E-state index contributed by atoms with van der Waals surface area (Å²) >= 11 is 1.63. The van der Waals surface area contributed by atoms with Gasteiger partial charge in [-0.15, -0.1) is 0 Å². The topological polar surface area (TPSA) is 77.1 Å². The molecule has 1 amide bonds. The van der Waals surface area contributed by atoms with Gasteiger partial charge in [0.05, 0.1) is 12.6 Å². The average molecular weight is 331 g/mol. The number of aromatic nitrogens is 1. The molecule has 1 atom stereocenters. The van der Waals surface area contributed by atoms with Crippen molar-refractivity contribution in [2.24, 2.45) is 5.73 Å². The number of hydrogen-bond donors (Lipinski definition) is 2. The standard InChI is InChI=1S/C17H21N3O2S/c1-23-11-9-14(18)16(21)19-15-8-5-10-20(17(15)22)12-13-6-3-2-4-7-13/h2-8,10,14H,9,11-12,18H2,1H3,(H,19,21)/t14-/m0/s1. The van der Waals surface area contributed by atoms with Crippen LogP contribution in [0.4, 0.5) is 5.69 Å². The Morgan fingerprint density at radius 1 is 1.26 bits per heavy atom. The molecule has 0 saturated carbocycles. The van der Waals surface area contributed by atoms with Gasteiger partial charge in [-0.1, -0.05) is 30.3 Å². The Hall–Kier alpha value is -2.05. The fraction of sp³-hybridized carbons (Fsp3) is 0.294. The molecular weight excluding hydrogens is 310 g/mol. The van der Waals surface area contributed by atoms with Gasteiger partial charge in [-0.2, -0.15) is 11.8 Å². The van der Waals surface area contributed by atoms with Gasteiger partial charge in [0, 0.05) is 6.20 Å². The molecule has 122 valence electrons. The summed E-state index contributed by atoms with van der Waals surface area (Å²) in [5.74, 6) is 0.482. The van der Waals surface area contributed by atoms with Crippen molar-refractivity contribution < 1.29 is 4.79 Å². The third-order valence-electron chi connectivity index (χ3n) is 3.44. The largest absolute Gasteiger partial charge is 0.320 e. The Kier molecular flexibility index (Phi) is 6.43. The van der Waals surface area contributed by atoms with Crippen LogP contribution in [0.2, 0.25) is 0 Å². The van der Waals surface area contributed by atoms with Gasteiger partial charge in [-0.25, -0.2) is 0 Å². The molecule has 3 N–H and O–H groups in total. The van der Waals surface area contributed by atoms with Gasteiger partial charge < -0.3 is 15.6 Å². The lowest BCUT2D eigenvalue weighted by Crippen LogP contribution is -2.38. The number of benzene rings is 1. The van der Waals surface area contributed by atoms with Crippen molar-refractivity contribution in [1.82, 2.24) is 4.57 Å². The molecule has 0 bridgehead atoms. The van der Waals surface area contributed by atoms with Crippen LogP contribution in [0.1, 0.15) is 12.0 Å². The molecule has 0 fully saturated rings. The number of anilines is 1. The monoisotopic (exact) mass is 331 g/mol. The van der Waals surface area contributed by atoms with Crippen LogP contribution in [0.5, 0.6) is 0 Å². The van der Waals surface area contributed by atoms with Crippen LogP contribution in [-0.2, 0) is 11.3 Å². The Bertz CT molecular complexity index is 700. The van der Waals surface area contributed by atoms with Crippen molar-refractivity contribution in [3.8, 4) is 0 Å². The number of carbonyl (C=O) groups excluding carboxylic acids is 1. The number of rotatable bonds is 7. The Morgan fingerprint density at radius 3 is 2.70 bits per heavy atom. The average Bonchev–Trinajstić information content (AvgIpc) is 2.57. The lowest BCUT2D eigenvalue weighted by atomic mass is 10.2. The minimum absolute atomic E-state index is 0.234. The molecule has 6 heteroatoms. The molecule has 2 aromatic rings. The molecule has 0 spiro atoms. The van der Waals surface area contributed by atoms with Crippen LogP contribution in [0, 0.1) is 0 Å². The van der Waals surface area contributed by atoms with E-state index >= 15 is 0 Å². The van der Waals surface area contributed by atoms with Gasteiger partial charge in [0.25, 0.3) is 5.56 Å². The van der Waals surface area contributed by atoms with Crippen LogP contribution in [-0.4, -0.2) is 28.5 Å². The summed E-state index contributed by atoms with van der Waals surface area (Å²) in [7, 11) is 0. The Labute approximate surface area is 139 Å². The molecule has 0 radical (unpaired) electrons. The Morgan fingerprint density at radius 2 is 2.00 bits per heavy atom. The van der Waals surface area contributed by atoms with E-state index in [4.69, 9.17) is 5.73 Å². The molecule has 5 nitrogen and oxygen atoms in total. The van der Waals surface area contributed by atoms with Crippen molar-refractivity contribution in [3.05, 3.63) is 64.6 Å². The summed E-state index contributed by atoms with van der Waals surface area (Å²) in [6.45, 7) is 0.460. The van der Waals surface area contributed by atoms with Crippen LogP contribution < -0.4 is 16.6 Å². The highest BCUT2D eigenvalue weighted by Gasteiger charge is 2.15. The van der Waals surface area contributed by atoms with E-state index in [9.17, 15) is 9.59 Å². The van der Waals surface area contributed by atoms with E-state index in [1.807, 2.05) is 36.6 Å². The van der Waals surface area contributed by atoms with E-state index in [-0.39, 0.29) is 17.2 Å². The third kappa shape index (κ3) is 4.97. The minimum atomic E-state index is -0.607. The van der Waals surface area contributed by atoms with Gasteiger partial charge in [-0.3, -0.25) is 9.59 Å². The van der Waals surface area contributed by atoms with Gasteiger partial charge in [0.1, 0.15) is 5.69 Å². The first-order chi connectivity index (χ1) is 11.1. The first kappa shape index (κ1) is 17.3. The van der Waals surface area contributed by atoms with E-state index in [1.54, 1.807) is 34.7 Å². The maximum absolute atomic E-state index is 12.4. The summed E-state index contributed by atoms with van der Waals surface area (Å²) in [4.78, 5) is 24.5. The van der Waals surface area contributed by atoms with Crippen molar-refractivity contribution in [3.63, 3.8) is 0 Å². The number of pyridine rings is 1. The van der Waals surface area contributed by atoms with E-state index in [0.717, 1.165) is 11.3 Å². The zero-order chi connectivity index (χ0) is 16.7. The summed E-state index contributed by atoms with van der Waals surface area (Å²) < 4.78 is 1.57. The number of nitrogens with one attached hydrogen (secondary N) is 1. The summed E-state index contributed by atoms with van der Waals surface area (Å²) in [6.07, 6.45) is 4.25. The predicted molar refractivity (Wildman–Crippen MR) is 95.9 cm³/mol. The number of thioether (sulfide) groups is 1. The zero-order valence-electron chi connectivity index (χ0n) is 13.1. The van der Waals surface area contributed by atoms with E-state index in [1.165, 1.54) is 0 Å². The van der Waals surface area contributed by atoms with E-state index in [0.29, 0.717) is 13.0 Å². The van der Waals surface area contributed by atoms with Crippen molar-refractivity contribution in [2.45, 2.75) is 19.0 Å². The smallest absolute Gasteiger partial charge is 0.274 e. The molecule has 0 unspecified atom stereocenters. The fourth-order valence-electron chi connectivity index (χ4n) is 2.14. The number of hydrogen-bond acceptors (Lipinski definition) is 4. The Balaban J connectivity index is 2.10. The lowest BCUT2D eigenvalue weighted by Gasteiger charge is -2.13. The van der Waals surface area contributed by atoms with Crippen LogP contribution in [0.3, 0.4) is 0 Å². The van der Waals surface area contributed by atoms with E-state index < -0.39 is 6.04 Å². The molecule has 23 heavy (non-hydrogen) atoms. The van der Waals surface area contributed by atoms with Gasteiger partial charge in [0.2, 0.25) is 5.91 Å². The first-order valence-corrected chi connectivity index (χ1v) is 8.80. The summed E-state index contributed by atoms with van der Waals surface area (Å²) in [5, 5.41) is 2.64. The number of amides is 1. The molecule has 0 aliphatic heterocycles. The highest BCUT2D eigenvalue weighted by atomic mass is 32.2. The highest BCUT2D eigenvalue weighted by molar-refractivity contribution is 7.98. The van der Waals surface area contributed by atoms with Crippen LogP contribution >= 0.6 is 11.8 Å². The second kappa shape index (κ2) is 8.55. The summed E-state index contributed by atoms with van der Waals surface area (Å²) in [6, 6.07) is 12.4. The van der Waals surface area contributed by atoms with Gasteiger partial charge in [-0.05, 0) is 36.1 Å². The molecule has 2 rings (SSSR count). The second-order valence-corrected chi connectivity index (χ2v) is 6.20. The van der Waals surface area contributed by atoms with Crippen molar-refractivity contribution >= 4 is 23.4 Å². The minimum Gasteiger partial charge on any atom is -0.320 e. The number of nitrogens with two attached hydrogens (primary N) is 1. The van der Waals surface area contributed by atoms with Crippen LogP contribution in [0.15, 0.2) is 53.5 Å². The fourth-order valence-corrected chi connectivity index (χ4v) is 2.63. The molecular formula is C17H21N3O2S. The van der Waals surface area contributed by atoms with E-state index in [2.05, 4.69) is 5.32 Å². The van der Waals surface area contributed by atoms with Crippen molar-refractivity contribution in [2.75, 3.05) is 17.3 Å². The number of nitrogens with zero attached hydrogens (tertiary/aromatic N) is 1. The lowest BCUT2D eigenvalue weighted by molar-refractivity contribution is -0.117. The van der Waals surface area contributed by atoms with Crippen molar-refractivity contribution in [1.29, 1.82) is 0 Å². The molecule has 0 saturated heterocycles. The normalized spacial score (nSPS) is 11.9. The molecule has 1 heterocycles. The third-order valence-corrected chi connectivity index (χ3v) is 4.09. The van der Waals surface area contributed by atoms with Crippen LogP contribution in [0.25, 0.3) is 0 Å². The SMILES string of the molecule is CSCC[C@H](N)C(=O)Nc1cccn(Cc2ccccc2)c1=O. The molecule has 1 aromatic heterocycles. The zero-order valence-corrected chi connectivity index (χ0v) is 13.9. The first-order valence-electron chi connectivity index (χ1n) is 7.40.